The second kappa shape index (κ2) is 7.38. The number of carbonyl (C=O) groups excluding carboxylic acids is 1. The van der Waals surface area contributed by atoms with E-state index in [1.165, 1.54) is 19.3 Å². The molecule has 2 heterocycles. The molecule has 5 nitrogen and oxygen atoms in total. The number of hydrogen-bond donors (Lipinski definition) is 1. The van der Waals surface area contributed by atoms with Crippen LogP contribution in [0, 0.1) is 0 Å². The van der Waals surface area contributed by atoms with Gasteiger partial charge in [0.2, 0.25) is 5.95 Å². The molecule has 116 valence electrons. The molecule has 1 saturated heterocycles. The number of piperidine rings is 1. The molecule has 1 amide bonds. The SMILES string of the molecule is CCC(C)NC(=O)c1ccnc(N2CCCCC2CC)n1. The second-order valence-electron chi connectivity index (χ2n) is 5.78. The lowest BCUT2D eigenvalue weighted by Gasteiger charge is -2.35. The van der Waals surface area contributed by atoms with Crippen LogP contribution >= 0.6 is 0 Å². The number of aromatic nitrogens is 2. The predicted octanol–water partition coefficient (Wildman–Crippen LogP) is 2.77. The van der Waals surface area contributed by atoms with E-state index >= 15 is 0 Å². The number of hydrogen-bond acceptors (Lipinski definition) is 4. The quantitative estimate of drug-likeness (QED) is 0.906. The minimum atomic E-state index is -0.113. The van der Waals surface area contributed by atoms with Gasteiger partial charge in [0.25, 0.3) is 5.91 Å². The van der Waals surface area contributed by atoms with Crippen LogP contribution in [0.1, 0.15) is 63.4 Å². The Labute approximate surface area is 127 Å². The highest BCUT2D eigenvalue weighted by Gasteiger charge is 2.23. The van der Waals surface area contributed by atoms with E-state index in [9.17, 15) is 4.79 Å². The molecule has 2 atom stereocenters. The molecule has 1 N–H and O–H groups in total. The van der Waals surface area contributed by atoms with Crippen molar-refractivity contribution < 1.29 is 4.79 Å². The van der Waals surface area contributed by atoms with Crippen molar-refractivity contribution in [3.8, 4) is 0 Å². The first-order valence-electron chi connectivity index (χ1n) is 8.06. The number of rotatable bonds is 5. The van der Waals surface area contributed by atoms with Crippen molar-refractivity contribution in [2.24, 2.45) is 0 Å². The van der Waals surface area contributed by atoms with E-state index in [0.717, 1.165) is 19.4 Å². The van der Waals surface area contributed by atoms with Gasteiger partial charge in [-0.1, -0.05) is 13.8 Å². The van der Waals surface area contributed by atoms with Crippen LogP contribution < -0.4 is 10.2 Å². The summed E-state index contributed by atoms with van der Waals surface area (Å²) in [7, 11) is 0. The number of amides is 1. The highest BCUT2D eigenvalue weighted by atomic mass is 16.1. The summed E-state index contributed by atoms with van der Waals surface area (Å²) in [5, 5.41) is 2.95. The van der Waals surface area contributed by atoms with Gasteiger partial charge in [0, 0.05) is 24.8 Å². The molecular formula is C16H26N4O. The van der Waals surface area contributed by atoms with Gasteiger partial charge in [-0.15, -0.1) is 0 Å². The van der Waals surface area contributed by atoms with Gasteiger partial charge in [0.1, 0.15) is 5.69 Å². The molecule has 1 aliphatic rings. The zero-order valence-corrected chi connectivity index (χ0v) is 13.3. The minimum Gasteiger partial charge on any atom is -0.348 e. The zero-order chi connectivity index (χ0) is 15.2. The molecule has 0 saturated carbocycles. The maximum absolute atomic E-state index is 12.2. The third-order valence-corrected chi connectivity index (χ3v) is 4.22. The third kappa shape index (κ3) is 3.93. The smallest absolute Gasteiger partial charge is 0.270 e. The van der Waals surface area contributed by atoms with Crippen molar-refractivity contribution in [3.63, 3.8) is 0 Å². The van der Waals surface area contributed by atoms with E-state index in [4.69, 9.17) is 0 Å². The fourth-order valence-corrected chi connectivity index (χ4v) is 2.70. The van der Waals surface area contributed by atoms with Crippen LogP contribution in [0.5, 0.6) is 0 Å². The van der Waals surface area contributed by atoms with Gasteiger partial charge in [-0.25, -0.2) is 9.97 Å². The van der Waals surface area contributed by atoms with E-state index in [1.54, 1.807) is 12.3 Å². The molecule has 0 aromatic carbocycles. The number of nitrogens with zero attached hydrogens (tertiary/aromatic N) is 3. The predicted molar refractivity (Wildman–Crippen MR) is 84.5 cm³/mol. The van der Waals surface area contributed by atoms with Crippen LogP contribution in [-0.4, -0.2) is 34.5 Å². The molecule has 1 fully saturated rings. The normalized spacial score (nSPS) is 20.1. The van der Waals surface area contributed by atoms with E-state index in [0.29, 0.717) is 17.7 Å². The van der Waals surface area contributed by atoms with Gasteiger partial charge in [-0.3, -0.25) is 4.79 Å². The molecule has 0 spiro atoms. The molecule has 1 aliphatic heterocycles. The molecule has 0 aliphatic carbocycles. The standard InChI is InChI=1S/C16H26N4O/c1-4-12(3)18-15(21)14-9-10-17-16(19-14)20-11-7-6-8-13(20)5-2/h9-10,12-13H,4-8,11H2,1-3H3,(H,18,21). The monoisotopic (exact) mass is 290 g/mol. The first-order chi connectivity index (χ1) is 10.2. The van der Waals surface area contributed by atoms with Crippen molar-refractivity contribution in [2.75, 3.05) is 11.4 Å². The molecule has 2 rings (SSSR count). The Morgan fingerprint density at radius 2 is 2.29 bits per heavy atom. The highest BCUT2D eigenvalue weighted by Crippen LogP contribution is 2.23. The molecule has 5 heteroatoms. The Balaban J connectivity index is 2.14. The summed E-state index contributed by atoms with van der Waals surface area (Å²) in [5.41, 5.74) is 0.459. The van der Waals surface area contributed by atoms with Crippen LogP contribution in [0.15, 0.2) is 12.3 Å². The van der Waals surface area contributed by atoms with Gasteiger partial charge < -0.3 is 10.2 Å². The topological polar surface area (TPSA) is 58.1 Å². The lowest BCUT2D eigenvalue weighted by atomic mass is 10.0. The Hall–Kier alpha value is -1.65. The van der Waals surface area contributed by atoms with Crippen LogP contribution in [0.2, 0.25) is 0 Å². The summed E-state index contributed by atoms with van der Waals surface area (Å²) >= 11 is 0. The second-order valence-corrected chi connectivity index (χ2v) is 5.78. The molecule has 21 heavy (non-hydrogen) atoms. The Bertz CT molecular complexity index is 477. The zero-order valence-electron chi connectivity index (χ0n) is 13.3. The lowest BCUT2D eigenvalue weighted by molar-refractivity contribution is 0.0934. The van der Waals surface area contributed by atoms with Crippen LogP contribution in [0.4, 0.5) is 5.95 Å². The van der Waals surface area contributed by atoms with Crippen molar-refractivity contribution in [1.29, 1.82) is 0 Å². The van der Waals surface area contributed by atoms with Crippen molar-refractivity contribution in [3.05, 3.63) is 18.0 Å². The first-order valence-corrected chi connectivity index (χ1v) is 8.06. The van der Waals surface area contributed by atoms with Gasteiger partial charge in [0.15, 0.2) is 0 Å². The minimum absolute atomic E-state index is 0.113. The third-order valence-electron chi connectivity index (χ3n) is 4.22. The fraction of sp³-hybridized carbons (Fsp3) is 0.688. The van der Waals surface area contributed by atoms with Crippen molar-refractivity contribution in [1.82, 2.24) is 15.3 Å². The van der Waals surface area contributed by atoms with E-state index < -0.39 is 0 Å². The van der Waals surface area contributed by atoms with E-state index in [1.807, 2.05) is 6.92 Å². The molecular weight excluding hydrogens is 264 g/mol. The Kier molecular flexibility index (Phi) is 5.53. The van der Waals surface area contributed by atoms with Gasteiger partial charge in [-0.2, -0.15) is 0 Å². The number of anilines is 1. The summed E-state index contributed by atoms with van der Waals surface area (Å²) in [4.78, 5) is 23.3. The van der Waals surface area contributed by atoms with E-state index in [2.05, 4.69) is 34.0 Å². The molecule has 0 bridgehead atoms. The van der Waals surface area contributed by atoms with Gasteiger partial charge in [-0.05, 0) is 45.1 Å². The summed E-state index contributed by atoms with van der Waals surface area (Å²) in [6, 6.07) is 2.34. The lowest BCUT2D eigenvalue weighted by Crippen LogP contribution is -2.40. The molecule has 1 aromatic heterocycles. The molecule has 0 radical (unpaired) electrons. The largest absolute Gasteiger partial charge is 0.348 e. The molecule has 2 unspecified atom stereocenters. The van der Waals surface area contributed by atoms with Gasteiger partial charge in [0.05, 0.1) is 0 Å². The number of nitrogens with one attached hydrogen (secondary N) is 1. The maximum Gasteiger partial charge on any atom is 0.270 e. The Morgan fingerprint density at radius 3 is 3.00 bits per heavy atom. The van der Waals surface area contributed by atoms with Crippen LogP contribution in [0.3, 0.4) is 0 Å². The van der Waals surface area contributed by atoms with Crippen LogP contribution in [-0.2, 0) is 0 Å². The Morgan fingerprint density at radius 1 is 1.48 bits per heavy atom. The summed E-state index contributed by atoms with van der Waals surface area (Å²) in [5.74, 6) is 0.580. The van der Waals surface area contributed by atoms with Crippen molar-refractivity contribution >= 4 is 11.9 Å². The summed E-state index contributed by atoms with van der Waals surface area (Å²) < 4.78 is 0. The fourth-order valence-electron chi connectivity index (χ4n) is 2.70. The van der Waals surface area contributed by atoms with Crippen molar-refractivity contribution in [2.45, 2.75) is 65.0 Å². The summed E-state index contributed by atoms with van der Waals surface area (Å²) in [6.45, 7) is 7.23. The highest BCUT2D eigenvalue weighted by molar-refractivity contribution is 5.92. The van der Waals surface area contributed by atoms with Crippen LogP contribution in [0.25, 0.3) is 0 Å². The first kappa shape index (κ1) is 15.7. The maximum atomic E-state index is 12.2. The average Bonchev–Trinajstić information content (AvgIpc) is 2.54. The van der Waals surface area contributed by atoms with E-state index in [-0.39, 0.29) is 11.9 Å². The molecule has 1 aromatic rings. The average molecular weight is 290 g/mol. The number of carbonyl (C=O) groups is 1. The summed E-state index contributed by atoms with van der Waals surface area (Å²) in [6.07, 6.45) is 7.31. The van der Waals surface area contributed by atoms with Gasteiger partial charge >= 0.3 is 0 Å².